The van der Waals surface area contributed by atoms with Gasteiger partial charge in [0.05, 0.1) is 23.4 Å². The van der Waals surface area contributed by atoms with Crippen LogP contribution in [0.2, 0.25) is 0 Å². The lowest BCUT2D eigenvalue weighted by molar-refractivity contribution is 0.0699. The molecule has 5 nitrogen and oxygen atoms in total. The van der Waals surface area contributed by atoms with E-state index in [1.807, 2.05) is 6.92 Å². The number of fused-ring (bicyclic) bond motifs is 1. The molecule has 0 fully saturated rings. The van der Waals surface area contributed by atoms with Crippen molar-refractivity contribution in [3.8, 4) is 17.0 Å². The van der Waals surface area contributed by atoms with E-state index >= 15 is 0 Å². The smallest absolute Gasteiger partial charge is 0.336 e. The van der Waals surface area contributed by atoms with Gasteiger partial charge in [0.15, 0.2) is 0 Å². The third-order valence-corrected chi connectivity index (χ3v) is 3.30. The molecule has 0 radical (unpaired) electrons. The Kier molecular flexibility index (Phi) is 3.70. The fourth-order valence-electron chi connectivity index (χ4n) is 2.31. The molecule has 0 bridgehead atoms. The fourth-order valence-corrected chi connectivity index (χ4v) is 2.31. The number of carboxylic acids is 1. The van der Waals surface area contributed by atoms with Crippen molar-refractivity contribution in [3.63, 3.8) is 0 Å². The van der Waals surface area contributed by atoms with Crippen LogP contribution in [0.4, 0.5) is 0 Å². The largest absolute Gasteiger partial charge is 0.494 e. The van der Waals surface area contributed by atoms with E-state index in [2.05, 4.69) is 9.97 Å². The number of carbonyl (C=O) groups is 1. The van der Waals surface area contributed by atoms with Gasteiger partial charge in [0.2, 0.25) is 0 Å². The molecule has 3 rings (SSSR count). The zero-order valence-corrected chi connectivity index (χ0v) is 12.0. The monoisotopic (exact) mass is 294 g/mol. The second-order valence-corrected chi connectivity index (χ2v) is 4.71. The highest BCUT2D eigenvalue weighted by Crippen LogP contribution is 2.27. The molecule has 0 saturated carbocycles. The van der Waals surface area contributed by atoms with E-state index in [4.69, 9.17) is 4.74 Å². The minimum absolute atomic E-state index is 0.207. The number of nitrogens with zero attached hydrogens (tertiary/aromatic N) is 2. The number of carboxylic acid groups (broad SMARTS) is 1. The summed E-state index contributed by atoms with van der Waals surface area (Å²) in [5.41, 5.74) is 2.26. The maximum atomic E-state index is 11.6. The van der Waals surface area contributed by atoms with Gasteiger partial charge in [0, 0.05) is 23.3 Å². The lowest BCUT2D eigenvalue weighted by Gasteiger charge is -2.09. The average molecular weight is 294 g/mol. The number of ether oxygens (including phenoxy) is 1. The maximum Gasteiger partial charge on any atom is 0.336 e. The van der Waals surface area contributed by atoms with Gasteiger partial charge in [-0.1, -0.05) is 0 Å². The van der Waals surface area contributed by atoms with Crippen LogP contribution in [0.3, 0.4) is 0 Å². The van der Waals surface area contributed by atoms with Crippen LogP contribution >= 0.6 is 0 Å². The number of pyridine rings is 2. The zero-order chi connectivity index (χ0) is 15.5. The molecule has 3 aromatic rings. The molecule has 0 spiro atoms. The van der Waals surface area contributed by atoms with E-state index in [0.717, 1.165) is 5.56 Å². The molecule has 1 aromatic carbocycles. The van der Waals surface area contributed by atoms with Crippen LogP contribution in [0.25, 0.3) is 22.2 Å². The normalized spacial score (nSPS) is 10.6. The van der Waals surface area contributed by atoms with E-state index in [9.17, 15) is 9.90 Å². The molecule has 0 atom stereocenters. The van der Waals surface area contributed by atoms with Crippen molar-refractivity contribution < 1.29 is 14.6 Å². The number of aromatic carboxylic acids is 1. The molecule has 0 saturated heterocycles. The van der Waals surface area contributed by atoms with Crippen molar-refractivity contribution in [2.75, 3.05) is 6.61 Å². The van der Waals surface area contributed by atoms with Crippen LogP contribution in [-0.2, 0) is 0 Å². The van der Waals surface area contributed by atoms with Crippen LogP contribution in [0, 0.1) is 0 Å². The topological polar surface area (TPSA) is 72.3 Å². The van der Waals surface area contributed by atoms with Crippen LogP contribution in [-0.4, -0.2) is 27.7 Å². The van der Waals surface area contributed by atoms with Crippen molar-refractivity contribution in [2.24, 2.45) is 0 Å². The molecule has 2 aromatic heterocycles. The number of hydrogen-bond donors (Lipinski definition) is 1. The summed E-state index contributed by atoms with van der Waals surface area (Å²) in [5, 5.41) is 10.1. The van der Waals surface area contributed by atoms with E-state index in [0.29, 0.717) is 29.0 Å². The van der Waals surface area contributed by atoms with Gasteiger partial charge in [-0.05, 0) is 43.3 Å². The highest BCUT2D eigenvalue weighted by molar-refractivity contribution is 6.04. The standard InChI is InChI=1S/C17H14N2O3/c1-2-22-12-3-4-15-13(9-12)14(17(20)21)10-16(19-15)11-5-7-18-8-6-11/h3-10H,2H2,1H3,(H,20,21). The lowest BCUT2D eigenvalue weighted by atomic mass is 10.0. The molecule has 1 N–H and O–H groups in total. The Hall–Kier alpha value is -2.95. The molecular weight excluding hydrogens is 280 g/mol. The highest BCUT2D eigenvalue weighted by atomic mass is 16.5. The Labute approximate surface area is 127 Å². The molecule has 0 amide bonds. The first-order valence-corrected chi connectivity index (χ1v) is 6.90. The summed E-state index contributed by atoms with van der Waals surface area (Å²) in [4.78, 5) is 20.1. The summed E-state index contributed by atoms with van der Waals surface area (Å²) in [7, 11) is 0. The molecule has 0 aliphatic heterocycles. The molecule has 5 heteroatoms. The molecular formula is C17H14N2O3. The van der Waals surface area contributed by atoms with E-state index < -0.39 is 5.97 Å². The van der Waals surface area contributed by atoms with Crippen molar-refractivity contribution >= 4 is 16.9 Å². The first-order valence-electron chi connectivity index (χ1n) is 6.90. The predicted octanol–water partition coefficient (Wildman–Crippen LogP) is 3.39. The Morgan fingerprint density at radius 1 is 1.18 bits per heavy atom. The summed E-state index contributed by atoms with van der Waals surface area (Å²) < 4.78 is 5.43. The summed E-state index contributed by atoms with van der Waals surface area (Å²) in [6.45, 7) is 2.41. The maximum absolute atomic E-state index is 11.6. The predicted molar refractivity (Wildman–Crippen MR) is 83.1 cm³/mol. The van der Waals surface area contributed by atoms with Crippen molar-refractivity contribution in [2.45, 2.75) is 6.92 Å². The average Bonchev–Trinajstić information content (AvgIpc) is 2.55. The van der Waals surface area contributed by atoms with Gasteiger partial charge in [-0.2, -0.15) is 0 Å². The summed E-state index contributed by atoms with van der Waals surface area (Å²) >= 11 is 0. The number of aromatic nitrogens is 2. The van der Waals surface area contributed by atoms with Crippen LogP contribution < -0.4 is 4.74 Å². The van der Waals surface area contributed by atoms with Gasteiger partial charge in [-0.15, -0.1) is 0 Å². The van der Waals surface area contributed by atoms with E-state index in [-0.39, 0.29) is 5.56 Å². The number of rotatable bonds is 4. The molecule has 2 heterocycles. The summed E-state index contributed by atoms with van der Waals surface area (Å²) in [5.74, 6) is -0.354. The Morgan fingerprint density at radius 3 is 2.64 bits per heavy atom. The number of benzene rings is 1. The third kappa shape index (κ3) is 2.61. The molecule has 0 aliphatic rings. The van der Waals surface area contributed by atoms with Crippen molar-refractivity contribution in [1.82, 2.24) is 9.97 Å². The number of hydrogen-bond acceptors (Lipinski definition) is 4. The Morgan fingerprint density at radius 2 is 1.95 bits per heavy atom. The quantitative estimate of drug-likeness (QED) is 0.798. The van der Waals surface area contributed by atoms with E-state index in [1.54, 1.807) is 48.8 Å². The van der Waals surface area contributed by atoms with Gasteiger partial charge in [0.1, 0.15) is 5.75 Å². The fraction of sp³-hybridized carbons (Fsp3) is 0.118. The highest BCUT2D eigenvalue weighted by Gasteiger charge is 2.13. The molecule has 0 aliphatic carbocycles. The summed E-state index contributed by atoms with van der Waals surface area (Å²) in [6, 6.07) is 10.5. The Bertz CT molecular complexity index is 832. The minimum Gasteiger partial charge on any atom is -0.494 e. The van der Waals surface area contributed by atoms with E-state index in [1.165, 1.54) is 0 Å². The third-order valence-electron chi connectivity index (χ3n) is 3.30. The van der Waals surface area contributed by atoms with Crippen molar-refractivity contribution in [3.05, 3.63) is 54.4 Å². The second kappa shape index (κ2) is 5.81. The van der Waals surface area contributed by atoms with Crippen LogP contribution in [0.15, 0.2) is 48.8 Å². The molecule has 110 valence electrons. The van der Waals surface area contributed by atoms with Gasteiger partial charge in [-0.25, -0.2) is 9.78 Å². The molecule has 0 unspecified atom stereocenters. The second-order valence-electron chi connectivity index (χ2n) is 4.71. The SMILES string of the molecule is CCOc1ccc2nc(-c3ccncc3)cc(C(=O)O)c2c1. The van der Waals surface area contributed by atoms with Gasteiger partial charge in [-0.3, -0.25) is 4.98 Å². The zero-order valence-electron chi connectivity index (χ0n) is 12.0. The van der Waals surface area contributed by atoms with Gasteiger partial charge in [0.25, 0.3) is 0 Å². The first-order chi connectivity index (χ1) is 10.7. The van der Waals surface area contributed by atoms with Crippen molar-refractivity contribution in [1.29, 1.82) is 0 Å². The lowest BCUT2D eigenvalue weighted by Crippen LogP contribution is -2.01. The summed E-state index contributed by atoms with van der Waals surface area (Å²) in [6.07, 6.45) is 3.31. The Balaban J connectivity index is 2.23. The molecule has 22 heavy (non-hydrogen) atoms. The minimum atomic E-state index is -0.989. The van der Waals surface area contributed by atoms with Crippen LogP contribution in [0.5, 0.6) is 5.75 Å². The van der Waals surface area contributed by atoms with Gasteiger partial charge < -0.3 is 9.84 Å². The van der Waals surface area contributed by atoms with Crippen LogP contribution in [0.1, 0.15) is 17.3 Å². The van der Waals surface area contributed by atoms with Gasteiger partial charge >= 0.3 is 5.97 Å². The first kappa shape index (κ1) is 14.0.